The summed E-state index contributed by atoms with van der Waals surface area (Å²) in [6, 6.07) is 5.73. The zero-order chi connectivity index (χ0) is 15.1. The van der Waals surface area contributed by atoms with Crippen molar-refractivity contribution in [2.75, 3.05) is 18.6 Å². The van der Waals surface area contributed by atoms with Crippen molar-refractivity contribution < 1.29 is 17.9 Å². The van der Waals surface area contributed by atoms with E-state index in [1.54, 1.807) is 7.11 Å². The van der Waals surface area contributed by atoms with E-state index in [0.717, 1.165) is 31.2 Å². The molecule has 5 nitrogen and oxygen atoms in total. The van der Waals surface area contributed by atoms with Crippen LogP contribution in [0.1, 0.15) is 31.2 Å². The van der Waals surface area contributed by atoms with E-state index in [4.69, 9.17) is 15.2 Å². The summed E-state index contributed by atoms with van der Waals surface area (Å²) in [5.41, 5.74) is 7.24. The molecule has 1 aromatic carbocycles. The van der Waals surface area contributed by atoms with Crippen LogP contribution < -0.4 is 15.2 Å². The predicted molar refractivity (Wildman–Crippen MR) is 80.4 cm³/mol. The highest BCUT2D eigenvalue weighted by atomic mass is 32.2. The van der Waals surface area contributed by atoms with E-state index in [2.05, 4.69) is 0 Å². The highest BCUT2D eigenvalue weighted by Crippen LogP contribution is 2.40. The van der Waals surface area contributed by atoms with Gasteiger partial charge in [-0.25, -0.2) is 8.42 Å². The molecule has 0 amide bonds. The molecule has 1 aliphatic heterocycles. The predicted octanol–water partition coefficient (Wildman–Crippen LogP) is 1.60. The van der Waals surface area contributed by atoms with Crippen molar-refractivity contribution in [2.45, 2.75) is 37.3 Å². The summed E-state index contributed by atoms with van der Waals surface area (Å²) in [4.78, 5) is 0. The lowest BCUT2D eigenvalue weighted by Gasteiger charge is -2.29. The molecule has 0 atom stereocenters. The molecule has 1 saturated heterocycles. The molecule has 6 heteroatoms. The van der Waals surface area contributed by atoms with Gasteiger partial charge in [-0.1, -0.05) is 18.9 Å². The molecule has 2 N–H and O–H groups in total. The largest absolute Gasteiger partial charge is 0.493 e. The summed E-state index contributed by atoms with van der Waals surface area (Å²) < 4.78 is 33.5. The van der Waals surface area contributed by atoms with Crippen molar-refractivity contribution in [3.63, 3.8) is 0 Å². The summed E-state index contributed by atoms with van der Waals surface area (Å²) in [6.45, 7) is 0. The van der Waals surface area contributed by atoms with Crippen LogP contribution in [-0.4, -0.2) is 33.1 Å². The van der Waals surface area contributed by atoms with E-state index in [-0.39, 0.29) is 23.1 Å². The first-order valence-corrected chi connectivity index (χ1v) is 9.08. The van der Waals surface area contributed by atoms with Crippen LogP contribution in [0.2, 0.25) is 0 Å². The SMILES string of the molecule is COc1cc(C2(N)CCCC2)ccc1OC1CS(=O)(=O)C1. The summed E-state index contributed by atoms with van der Waals surface area (Å²) in [5, 5.41) is 0. The average Bonchev–Trinajstić information content (AvgIpc) is 2.85. The normalized spacial score (nSPS) is 23.5. The zero-order valence-corrected chi connectivity index (χ0v) is 13.0. The molecule has 2 aliphatic rings. The number of ether oxygens (including phenoxy) is 2. The second-order valence-electron chi connectivity index (χ2n) is 6.05. The molecule has 0 spiro atoms. The van der Waals surface area contributed by atoms with Gasteiger partial charge in [-0.2, -0.15) is 0 Å². The Labute approximate surface area is 125 Å². The number of rotatable bonds is 4. The molecule has 3 rings (SSSR count). The van der Waals surface area contributed by atoms with E-state index < -0.39 is 9.84 Å². The third-order valence-electron chi connectivity index (χ3n) is 4.41. The van der Waals surface area contributed by atoms with Crippen LogP contribution in [0, 0.1) is 0 Å². The first-order valence-electron chi connectivity index (χ1n) is 7.26. The van der Waals surface area contributed by atoms with Gasteiger partial charge in [0.15, 0.2) is 21.3 Å². The maximum atomic E-state index is 11.2. The molecule has 1 saturated carbocycles. The lowest BCUT2D eigenvalue weighted by atomic mass is 9.89. The fourth-order valence-corrected chi connectivity index (χ4v) is 4.31. The molecule has 21 heavy (non-hydrogen) atoms. The number of sulfone groups is 1. The molecule has 0 bridgehead atoms. The van der Waals surface area contributed by atoms with Crippen LogP contribution >= 0.6 is 0 Å². The third kappa shape index (κ3) is 2.87. The Bertz CT molecular complexity index is 623. The summed E-state index contributed by atoms with van der Waals surface area (Å²) in [5.74, 6) is 1.37. The Hall–Kier alpha value is -1.27. The molecular formula is C15H21NO4S. The van der Waals surface area contributed by atoms with Gasteiger partial charge in [0.2, 0.25) is 0 Å². The Morgan fingerprint density at radius 1 is 1.19 bits per heavy atom. The van der Waals surface area contributed by atoms with Gasteiger partial charge in [0.05, 0.1) is 18.6 Å². The van der Waals surface area contributed by atoms with Gasteiger partial charge in [-0.3, -0.25) is 0 Å². The lowest BCUT2D eigenvalue weighted by molar-refractivity contribution is 0.219. The number of methoxy groups -OCH3 is 1. The molecule has 116 valence electrons. The minimum absolute atomic E-state index is 0.0821. The van der Waals surface area contributed by atoms with Gasteiger partial charge in [0.25, 0.3) is 0 Å². The van der Waals surface area contributed by atoms with Crippen LogP contribution in [0.3, 0.4) is 0 Å². The van der Waals surface area contributed by atoms with Crippen molar-refractivity contribution >= 4 is 9.84 Å². The van der Waals surface area contributed by atoms with E-state index in [1.807, 2.05) is 18.2 Å². The Balaban J connectivity index is 1.79. The van der Waals surface area contributed by atoms with E-state index in [0.29, 0.717) is 11.5 Å². The maximum Gasteiger partial charge on any atom is 0.161 e. The van der Waals surface area contributed by atoms with Crippen molar-refractivity contribution in [2.24, 2.45) is 5.73 Å². The highest BCUT2D eigenvalue weighted by molar-refractivity contribution is 7.92. The lowest BCUT2D eigenvalue weighted by Crippen LogP contribution is -2.45. The Morgan fingerprint density at radius 3 is 2.43 bits per heavy atom. The average molecular weight is 311 g/mol. The first kappa shape index (κ1) is 14.7. The first-order chi connectivity index (χ1) is 9.92. The maximum absolute atomic E-state index is 11.2. The van der Waals surface area contributed by atoms with Gasteiger partial charge >= 0.3 is 0 Å². The zero-order valence-electron chi connectivity index (χ0n) is 12.2. The van der Waals surface area contributed by atoms with Gasteiger partial charge in [0, 0.05) is 5.54 Å². The molecule has 1 aliphatic carbocycles. The Kier molecular flexibility index (Phi) is 3.61. The molecule has 0 aromatic heterocycles. The molecule has 1 heterocycles. The van der Waals surface area contributed by atoms with Crippen molar-refractivity contribution in [3.05, 3.63) is 23.8 Å². The molecule has 0 radical (unpaired) electrons. The Morgan fingerprint density at radius 2 is 1.86 bits per heavy atom. The number of nitrogens with two attached hydrogens (primary N) is 1. The van der Waals surface area contributed by atoms with Gasteiger partial charge < -0.3 is 15.2 Å². The quantitative estimate of drug-likeness (QED) is 0.913. The van der Waals surface area contributed by atoms with Crippen molar-refractivity contribution in [1.29, 1.82) is 0 Å². The monoisotopic (exact) mass is 311 g/mol. The molecule has 0 unspecified atom stereocenters. The van der Waals surface area contributed by atoms with E-state index >= 15 is 0 Å². The number of hydrogen-bond donors (Lipinski definition) is 1. The van der Waals surface area contributed by atoms with Crippen molar-refractivity contribution in [1.82, 2.24) is 0 Å². The van der Waals surface area contributed by atoms with Crippen LogP contribution in [0.5, 0.6) is 11.5 Å². The van der Waals surface area contributed by atoms with E-state index in [9.17, 15) is 8.42 Å². The summed E-state index contributed by atoms with van der Waals surface area (Å²) in [6.07, 6.45) is 4.00. The smallest absolute Gasteiger partial charge is 0.161 e. The van der Waals surface area contributed by atoms with Gasteiger partial charge in [-0.15, -0.1) is 0 Å². The van der Waals surface area contributed by atoms with E-state index in [1.165, 1.54) is 0 Å². The van der Waals surface area contributed by atoms with Crippen molar-refractivity contribution in [3.8, 4) is 11.5 Å². The molecular weight excluding hydrogens is 290 g/mol. The van der Waals surface area contributed by atoms with Gasteiger partial charge in [0.1, 0.15) is 6.10 Å². The fourth-order valence-electron chi connectivity index (χ4n) is 3.13. The second-order valence-corrected chi connectivity index (χ2v) is 8.20. The topological polar surface area (TPSA) is 78.6 Å². The third-order valence-corrected chi connectivity index (χ3v) is 6.17. The number of benzene rings is 1. The standard InChI is InChI=1S/C15H21NO4S/c1-19-14-8-11(15(16)6-2-3-7-15)4-5-13(14)20-12-9-21(17,18)10-12/h4-5,8,12H,2-3,6-7,9-10,16H2,1H3. The second kappa shape index (κ2) is 5.18. The number of hydrogen-bond acceptors (Lipinski definition) is 5. The minimum atomic E-state index is -2.89. The molecule has 2 fully saturated rings. The fraction of sp³-hybridized carbons (Fsp3) is 0.600. The minimum Gasteiger partial charge on any atom is -0.493 e. The van der Waals surface area contributed by atoms with Crippen LogP contribution in [0.15, 0.2) is 18.2 Å². The molecule has 1 aromatic rings. The summed E-state index contributed by atoms with van der Waals surface area (Å²) >= 11 is 0. The van der Waals surface area contributed by atoms with Crippen LogP contribution in [0.25, 0.3) is 0 Å². The van der Waals surface area contributed by atoms with Crippen LogP contribution in [-0.2, 0) is 15.4 Å². The van der Waals surface area contributed by atoms with Gasteiger partial charge in [-0.05, 0) is 30.5 Å². The highest BCUT2D eigenvalue weighted by Gasteiger charge is 2.36. The van der Waals surface area contributed by atoms with Crippen LogP contribution in [0.4, 0.5) is 0 Å². The summed E-state index contributed by atoms with van der Waals surface area (Å²) in [7, 11) is -1.30.